The third-order valence-corrected chi connectivity index (χ3v) is 4.84. The van der Waals surface area contributed by atoms with Gasteiger partial charge in [-0.15, -0.1) is 11.3 Å². The minimum atomic E-state index is -0.340. The summed E-state index contributed by atoms with van der Waals surface area (Å²) < 4.78 is 5.16. The highest BCUT2D eigenvalue weighted by Gasteiger charge is 2.23. The minimum Gasteiger partial charge on any atom is -0.497 e. The van der Waals surface area contributed by atoms with Crippen molar-refractivity contribution in [1.29, 1.82) is 0 Å². The maximum absolute atomic E-state index is 12.2. The molecule has 1 saturated heterocycles. The summed E-state index contributed by atoms with van der Waals surface area (Å²) >= 11 is 1.32. The van der Waals surface area contributed by atoms with Crippen molar-refractivity contribution in [3.8, 4) is 5.75 Å². The molecule has 126 valence electrons. The van der Waals surface area contributed by atoms with E-state index in [2.05, 4.69) is 10.2 Å². The molecule has 0 aliphatic carbocycles. The second-order valence-corrected chi connectivity index (χ2v) is 6.36. The van der Waals surface area contributed by atoms with Crippen LogP contribution >= 0.6 is 11.3 Å². The Morgan fingerprint density at radius 1 is 1.08 bits per heavy atom. The Morgan fingerprint density at radius 3 is 2.38 bits per heavy atom. The second kappa shape index (κ2) is 7.35. The van der Waals surface area contributed by atoms with Crippen LogP contribution < -0.4 is 15.0 Å². The zero-order valence-corrected chi connectivity index (χ0v) is 14.2. The van der Waals surface area contributed by atoms with Crippen molar-refractivity contribution in [1.82, 2.24) is 10.2 Å². The number of thiophene rings is 1. The van der Waals surface area contributed by atoms with Gasteiger partial charge in [-0.25, -0.2) is 4.79 Å². The number of hydrogen-bond acceptors (Lipinski definition) is 5. The van der Waals surface area contributed by atoms with Crippen LogP contribution in [-0.4, -0.2) is 50.1 Å². The third-order valence-electron chi connectivity index (χ3n) is 3.97. The van der Waals surface area contributed by atoms with Gasteiger partial charge in [-0.05, 0) is 35.7 Å². The predicted molar refractivity (Wildman–Crippen MR) is 94.0 cm³/mol. The normalized spacial score (nSPS) is 14.4. The summed E-state index contributed by atoms with van der Waals surface area (Å²) in [4.78, 5) is 28.6. The first kappa shape index (κ1) is 16.3. The van der Waals surface area contributed by atoms with Crippen LogP contribution in [0, 0.1) is 0 Å². The van der Waals surface area contributed by atoms with Gasteiger partial charge in [-0.3, -0.25) is 10.1 Å². The summed E-state index contributed by atoms with van der Waals surface area (Å²) in [5, 5.41) is 4.26. The number of nitrogens with one attached hydrogen (secondary N) is 1. The van der Waals surface area contributed by atoms with Gasteiger partial charge in [0.2, 0.25) is 0 Å². The maximum Gasteiger partial charge on any atom is 0.324 e. The number of imide groups is 1. The molecule has 6 nitrogen and oxygen atoms in total. The molecule has 1 aliphatic rings. The fraction of sp³-hybridized carbons (Fsp3) is 0.294. The molecular weight excluding hydrogens is 326 g/mol. The van der Waals surface area contributed by atoms with Gasteiger partial charge in [-0.1, -0.05) is 6.07 Å². The highest BCUT2D eigenvalue weighted by atomic mass is 32.1. The molecule has 1 fully saturated rings. The maximum atomic E-state index is 12.2. The molecule has 7 heteroatoms. The Bertz CT molecular complexity index is 692. The van der Waals surface area contributed by atoms with Gasteiger partial charge in [0.25, 0.3) is 5.91 Å². The molecule has 3 amide bonds. The lowest BCUT2D eigenvalue weighted by Crippen LogP contribution is -2.52. The molecule has 1 aromatic carbocycles. The lowest BCUT2D eigenvalue weighted by Gasteiger charge is -2.35. The van der Waals surface area contributed by atoms with Crippen LogP contribution in [0.15, 0.2) is 41.8 Å². The number of urea groups is 1. The van der Waals surface area contributed by atoms with Gasteiger partial charge in [0.15, 0.2) is 0 Å². The van der Waals surface area contributed by atoms with E-state index in [1.54, 1.807) is 24.1 Å². The first-order valence-electron chi connectivity index (χ1n) is 7.70. The second-order valence-electron chi connectivity index (χ2n) is 5.41. The highest BCUT2D eigenvalue weighted by molar-refractivity contribution is 7.12. The van der Waals surface area contributed by atoms with Gasteiger partial charge < -0.3 is 14.5 Å². The van der Waals surface area contributed by atoms with Crippen LogP contribution in [0.4, 0.5) is 10.5 Å². The summed E-state index contributed by atoms with van der Waals surface area (Å²) in [5.74, 6) is 0.483. The van der Waals surface area contributed by atoms with Crippen molar-refractivity contribution in [2.24, 2.45) is 0 Å². The van der Waals surface area contributed by atoms with E-state index < -0.39 is 0 Å². The average Bonchev–Trinajstić information content (AvgIpc) is 3.17. The largest absolute Gasteiger partial charge is 0.497 e. The smallest absolute Gasteiger partial charge is 0.324 e. The first-order chi connectivity index (χ1) is 11.7. The van der Waals surface area contributed by atoms with Crippen molar-refractivity contribution in [2.45, 2.75) is 0 Å². The fourth-order valence-corrected chi connectivity index (χ4v) is 3.23. The van der Waals surface area contributed by atoms with E-state index in [4.69, 9.17) is 4.74 Å². The standard InChI is InChI=1S/C17H19N3O3S/c1-23-14-6-4-13(5-7-14)19-8-10-20(11-9-19)17(22)18-16(21)15-3-2-12-24-15/h2-7,12H,8-11H2,1H3,(H,18,21,22). The number of piperazine rings is 1. The van der Waals surface area contributed by atoms with Gasteiger partial charge in [0, 0.05) is 31.9 Å². The molecule has 0 bridgehead atoms. The van der Waals surface area contributed by atoms with E-state index in [9.17, 15) is 9.59 Å². The number of amides is 3. The van der Waals surface area contributed by atoms with Crippen molar-refractivity contribution < 1.29 is 14.3 Å². The topological polar surface area (TPSA) is 61.9 Å². The number of hydrogen-bond donors (Lipinski definition) is 1. The predicted octanol–water partition coefficient (Wildman–Crippen LogP) is 2.43. The summed E-state index contributed by atoms with van der Waals surface area (Å²) in [7, 11) is 1.64. The molecule has 0 atom stereocenters. The van der Waals surface area contributed by atoms with Crippen LogP contribution in [-0.2, 0) is 0 Å². The van der Waals surface area contributed by atoms with E-state index in [0.717, 1.165) is 24.5 Å². The van der Waals surface area contributed by atoms with Crippen molar-refractivity contribution in [3.05, 3.63) is 46.7 Å². The van der Waals surface area contributed by atoms with E-state index in [1.165, 1.54) is 11.3 Å². The van der Waals surface area contributed by atoms with E-state index in [-0.39, 0.29) is 11.9 Å². The lowest BCUT2D eigenvalue weighted by atomic mass is 10.2. The number of rotatable bonds is 3. The number of carbonyl (C=O) groups excluding carboxylic acids is 2. The number of methoxy groups -OCH3 is 1. The molecule has 3 rings (SSSR count). The molecule has 0 spiro atoms. The zero-order chi connectivity index (χ0) is 16.9. The van der Waals surface area contributed by atoms with Gasteiger partial charge in [0.05, 0.1) is 12.0 Å². The van der Waals surface area contributed by atoms with Crippen molar-refractivity contribution in [3.63, 3.8) is 0 Å². The van der Waals surface area contributed by atoms with Crippen LogP contribution in [0.5, 0.6) is 5.75 Å². The molecule has 1 aliphatic heterocycles. The zero-order valence-electron chi connectivity index (χ0n) is 13.4. The average molecular weight is 345 g/mol. The number of nitrogens with zero attached hydrogens (tertiary/aromatic N) is 2. The summed E-state index contributed by atoms with van der Waals surface area (Å²) in [6.45, 7) is 2.62. The van der Waals surface area contributed by atoms with Crippen LogP contribution in [0.3, 0.4) is 0 Å². The Hall–Kier alpha value is -2.54. The molecule has 0 unspecified atom stereocenters. The molecule has 24 heavy (non-hydrogen) atoms. The minimum absolute atomic E-state index is 0.331. The van der Waals surface area contributed by atoms with Gasteiger partial charge in [-0.2, -0.15) is 0 Å². The quantitative estimate of drug-likeness (QED) is 0.928. The number of benzene rings is 1. The fourth-order valence-electron chi connectivity index (χ4n) is 2.61. The molecule has 0 radical (unpaired) electrons. The highest BCUT2D eigenvalue weighted by Crippen LogP contribution is 2.20. The molecule has 2 aromatic rings. The third kappa shape index (κ3) is 3.68. The number of anilines is 1. The van der Waals surface area contributed by atoms with Crippen LogP contribution in [0.25, 0.3) is 0 Å². The monoisotopic (exact) mass is 345 g/mol. The van der Waals surface area contributed by atoms with Gasteiger partial charge >= 0.3 is 6.03 Å². The van der Waals surface area contributed by atoms with E-state index in [0.29, 0.717) is 18.0 Å². The molecular formula is C17H19N3O3S. The summed E-state index contributed by atoms with van der Waals surface area (Å²) in [6.07, 6.45) is 0. The van der Waals surface area contributed by atoms with Crippen LogP contribution in [0.2, 0.25) is 0 Å². The molecule has 0 saturated carbocycles. The van der Waals surface area contributed by atoms with E-state index >= 15 is 0 Å². The first-order valence-corrected chi connectivity index (χ1v) is 8.58. The Labute approximate surface area is 144 Å². The molecule has 1 N–H and O–H groups in total. The Kier molecular flexibility index (Phi) is 5.00. The SMILES string of the molecule is COc1ccc(N2CCN(C(=O)NC(=O)c3cccs3)CC2)cc1. The molecule has 1 aromatic heterocycles. The van der Waals surface area contributed by atoms with E-state index in [1.807, 2.05) is 29.6 Å². The summed E-state index contributed by atoms with van der Waals surface area (Å²) in [5.41, 5.74) is 1.10. The Balaban J connectivity index is 1.52. The molecule has 2 heterocycles. The number of ether oxygens (including phenoxy) is 1. The summed E-state index contributed by atoms with van der Waals surface area (Å²) in [6, 6.07) is 11.0. The van der Waals surface area contributed by atoms with Gasteiger partial charge in [0.1, 0.15) is 5.75 Å². The van der Waals surface area contributed by atoms with Crippen LogP contribution in [0.1, 0.15) is 9.67 Å². The number of carbonyl (C=O) groups is 2. The van der Waals surface area contributed by atoms with Crippen molar-refractivity contribution >= 4 is 29.0 Å². The lowest BCUT2D eigenvalue weighted by molar-refractivity contribution is 0.0955. The van der Waals surface area contributed by atoms with Crippen molar-refractivity contribution in [2.75, 3.05) is 38.2 Å². The Morgan fingerprint density at radius 2 is 1.79 bits per heavy atom.